The molecule has 0 radical (unpaired) electrons. The van der Waals surface area contributed by atoms with Crippen LogP contribution in [0.15, 0.2) is 84.0 Å². The number of aromatic amines is 1. The van der Waals surface area contributed by atoms with Crippen molar-refractivity contribution in [2.45, 2.75) is 125 Å². The van der Waals surface area contributed by atoms with E-state index in [1.807, 2.05) is 30.5 Å². The maximum Gasteiger partial charge on any atom is 0.297 e. The second-order valence-corrected chi connectivity index (χ2v) is 27.8. The summed E-state index contributed by atoms with van der Waals surface area (Å²) in [6, 6.07) is 21.4. The van der Waals surface area contributed by atoms with E-state index in [0.29, 0.717) is 75.0 Å². The van der Waals surface area contributed by atoms with Gasteiger partial charge in [0.2, 0.25) is 5.88 Å². The number of methoxy groups -OCH3 is 1. The summed E-state index contributed by atoms with van der Waals surface area (Å²) in [5.74, 6) is 1.52. The zero-order valence-electron chi connectivity index (χ0n) is 50.9. The molecule has 2 aliphatic carbocycles. The highest BCUT2D eigenvalue weighted by Gasteiger charge is 2.51. The van der Waals surface area contributed by atoms with Crippen molar-refractivity contribution < 1.29 is 46.6 Å². The number of nitro groups is 1. The van der Waals surface area contributed by atoms with Crippen LogP contribution in [0.5, 0.6) is 17.4 Å². The largest absolute Gasteiger partial charge is 0.493 e. The van der Waals surface area contributed by atoms with Crippen molar-refractivity contribution >= 4 is 61.2 Å². The summed E-state index contributed by atoms with van der Waals surface area (Å²) in [6.45, 7) is 13.2. The third-order valence-electron chi connectivity index (χ3n) is 21.2. The van der Waals surface area contributed by atoms with E-state index in [0.717, 1.165) is 126 Å². The lowest BCUT2D eigenvalue weighted by molar-refractivity contribution is -0.384. The minimum Gasteiger partial charge on any atom is -0.493 e. The number of pyridine rings is 2. The molecule has 0 unspecified atom stereocenters. The Hall–Kier alpha value is -7.28. The topological polar surface area (TPSA) is 232 Å². The Morgan fingerprint density at radius 1 is 0.876 bits per heavy atom. The van der Waals surface area contributed by atoms with Crippen molar-refractivity contribution in [1.82, 2.24) is 29.5 Å². The summed E-state index contributed by atoms with van der Waals surface area (Å²) >= 11 is 0. The Labute approximate surface area is 518 Å². The molecule has 6 atom stereocenters. The molecule has 10 heterocycles. The number of morpholine rings is 1. The lowest BCUT2D eigenvalue weighted by Crippen LogP contribution is -2.60. The number of hydrogen-bond donors (Lipinski definition) is 3. The second kappa shape index (κ2) is 23.5. The molecule has 0 bridgehead atoms. The molecule has 15 rings (SSSR count). The number of rotatable bonds is 12. The Kier molecular flexibility index (Phi) is 15.4. The lowest BCUT2D eigenvalue weighted by Gasteiger charge is -2.59. The third kappa shape index (κ3) is 10.7. The number of carbonyl (C=O) groups excluding carboxylic acids is 1. The average Bonchev–Trinajstić information content (AvgIpc) is 1.52. The number of aromatic nitrogens is 3. The first-order valence-electron chi connectivity index (χ1n) is 32.0. The number of piperazine rings is 1. The predicted molar refractivity (Wildman–Crippen MR) is 336 cm³/mol. The maximum absolute atomic E-state index is 15.0. The molecule has 23 heteroatoms. The number of ether oxygens (including phenoxy) is 6. The van der Waals surface area contributed by atoms with Gasteiger partial charge in [0, 0.05) is 118 Å². The van der Waals surface area contributed by atoms with E-state index in [1.54, 1.807) is 13.2 Å². The summed E-state index contributed by atoms with van der Waals surface area (Å²) in [4.78, 5) is 52.2. The number of carbonyl (C=O) groups is 1. The maximum atomic E-state index is 15.0. The minimum absolute atomic E-state index is 0.0274. The van der Waals surface area contributed by atoms with Crippen molar-refractivity contribution in [3.8, 4) is 17.4 Å². The van der Waals surface area contributed by atoms with Gasteiger partial charge < -0.3 is 53.4 Å². The number of sulfonamides is 1. The van der Waals surface area contributed by atoms with Crippen molar-refractivity contribution in [3.63, 3.8) is 0 Å². The van der Waals surface area contributed by atoms with Crippen LogP contribution in [-0.2, 0) is 30.7 Å². The third-order valence-corrected chi connectivity index (χ3v) is 22.5. The number of piperidine rings is 1. The minimum atomic E-state index is -4.72. The summed E-state index contributed by atoms with van der Waals surface area (Å²) in [5.41, 5.74) is 7.95. The average molecular weight is 1230 g/mol. The second-order valence-electron chi connectivity index (χ2n) is 26.1. The van der Waals surface area contributed by atoms with Gasteiger partial charge in [0.25, 0.3) is 21.6 Å². The van der Waals surface area contributed by atoms with Gasteiger partial charge in [-0.15, -0.1) is 0 Å². The highest BCUT2D eigenvalue weighted by Crippen LogP contribution is 2.55. The van der Waals surface area contributed by atoms with Crippen LogP contribution in [0.1, 0.15) is 109 Å². The number of amides is 1. The Bertz CT molecular complexity index is 3810. The number of H-pyrrole nitrogens is 1. The van der Waals surface area contributed by atoms with Crippen LogP contribution in [-0.4, -0.2) is 167 Å². The molecule has 3 aromatic carbocycles. The van der Waals surface area contributed by atoms with Crippen LogP contribution in [0.3, 0.4) is 0 Å². The van der Waals surface area contributed by atoms with E-state index >= 15 is 4.79 Å². The van der Waals surface area contributed by atoms with Gasteiger partial charge in [-0.2, -0.15) is 4.98 Å². The molecule has 5 saturated heterocycles. The van der Waals surface area contributed by atoms with E-state index in [9.17, 15) is 18.5 Å². The van der Waals surface area contributed by atoms with E-state index in [4.69, 9.17) is 38.4 Å². The summed E-state index contributed by atoms with van der Waals surface area (Å²) < 4.78 is 67.6. The Balaban J connectivity index is 0.688. The molecular weight excluding hydrogens is 1150 g/mol. The van der Waals surface area contributed by atoms with Crippen LogP contribution < -0.4 is 38.9 Å². The number of fused-ring (bicyclic) bond motifs is 5. The van der Waals surface area contributed by atoms with Gasteiger partial charge in [-0.1, -0.05) is 24.3 Å². The van der Waals surface area contributed by atoms with Gasteiger partial charge in [0.15, 0.2) is 23.0 Å². The fourth-order valence-corrected chi connectivity index (χ4v) is 17.4. The van der Waals surface area contributed by atoms with Gasteiger partial charge in [-0.05, 0) is 136 Å². The first-order valence-corrected chi connectivity index (χ1v) is 33.5. The number of anilines is 5. The molecule has 1 spiro atoms. The molecular formula is C66H79N11O11S. The smallest absolute Gasteiger partial charge is 0.297 e. The molecule has 1 amide bonds. The number of nitro benzene ring substituents is 1. The van der Waals surface area contributed by atoms with E-state index in [-0.39, 0.29) is 65.1 Å². The zero-order valence-corrected chi connectivity index (χ0v) is 51.7. The standard InChI is InChI=1S/C66H79N11O11S/c1-40-7-4-5-8-47(40)57-36-73(52-10-6-9-48-50(52)35-68-63(61(48)83-3)74-24-28-86-37-41(74)2)22-23-75(57)45-33-66(34-45)17-20-72(21-18-66)44-11-12-49(54(30-44)76-53-16-27-85-39-59(53)88-65-56(76)29-43-13-19-67-62(43)70-65)64(78)71-89(81,82)46-31-55(77(79)80)60-58(32-46)87-38-51(69-60)42-14-25-84-26-15-42/h4-5,7-8,11-13,19,29-32,35,41-42,45,51-53,57,59,69H,6,9-10,14-18,20-28,33-34,36-39H2,1-3H3,(H,67,70)(H,71,78)/t41-,51-,52-,53-,57-,59-/m0/s1. The SMILES string of the molecule is COc1c(N2CCOC[C@@H]2C)ncc2c1CCC[C@@H]2N1CCN(C2CC3(CCN(c4ccc(C(=O)NS(=O)(=O)c5cc6c(c([N+](=O)[O-])c5)N[C@H](C5CCOCC5)CO6)c(N5c6cc7cc[nH]c7nc6O[C@H]6COCC[C@@H]65)c4)CC3)C2)[C@H](c2ccccc2C)C1. The first kappa shape index (κ1) is 58.1. The van der Waals surface area contributed by atoms with Gasteiger partial charge in [-0.3, -0.25) is 24.7 Å². The fourth-order valence-electron chi connectivity index (χ4n) is 16.4. The van der Waals surface area contributed by atoms with E-state index in [1.165, 1.54) is 28.3 Å². The van der Waals surface area contributed by atoms with Crippen LogP contribution in [0.2, 0.25) is 0 Å². The molecule has 3 N–H and O–H groups in total. The van der Waals surface area contributed by atoms with Gasteiger partial charge in [0.1, 0.15) is 24.0 Å². The number of nitrogens with zero attached hydrogens (tertiary/aromatic N) is 8. The molecule has 7 aliphatic heterocycles. The molecule has 9 aliphatic rings. The van der Waals surface area contributed by atoms with Crippen molar-refractivity contribution in [2.24, 2.45) is 11.3 Å². The number of aryl methyl sites for hydroxylation is 1. The Morgan fingerprint density at radius 2 is 1.70 bits per heavy atom. The van der Waals surface area contributed by atoms with Crippen molar-refractivity contribution in [2.75, 3.05) is 113 Å². The van der Waals surface area contributed by atoms with Crippen LogP contribution in [0, 0.1) is 28.4 Å². The molecule has 1 saturated carbocycles. The number of benzene rings is 3. The quantitative estimate of drug-likeness (QED) is 0.0766. The normalized spacial score (nSPS) is 25.8. The van der Waals surface area contributed by atoms with Crippen LogP contribution in [0.25, 0.3) is 11.0 Å². The van der Waals surface area contributed by atoms with Crippen LogP contribution in [0.4, 0.5) is 34.3 Å². The predicted octanol–water partition coefficient (Wildman–Crippen LogP) is 9.00. The Morgan fingerprint density at radius 3 is 2.51 bits per heavy atom. The molecule has 89 heavy (non-hydrogen) atoms. The van der Waals surface area contributed by atoms with Crippen LogP contribution >= 0.6 is 0 Å². The fraction of sp³-hybridized carbons (Fsp3) is 0.530. The summed E-state index contributed by atoms with van der Waals surface area (Å²) in [6.07, 6.45) is 13.1. The zero-order chi connectivity index (χ0) is 60.7. The van der Waals surface area contributed by atoms with E-state index < -0.39 is 37.5 Å². The van der Waals surface area contributed by atoms with E-state index in [2.05, 4.69) is 83.8 Å². The lowest BCUT2D eigenvalue weighted by atomic mass is 9.59. The number of hydrogen-bond acceptors (Lipinski definition) is 19. The van der Waals surface area contributed by atoms with Gasteiger partial charge in [-0.25, -0.2) is 18.1 Å². The molecule has 6 fully saturated rings. The highest BCUT2D eigenvalue weighted by molar-refractivity contribution is 7.90. The first-order chi connectivity index (χ1) is 43.3. The molecule has 6 aromatic rings. The number of nitrogens with one attached hydrogen (secondary N) is 3. The molecule has 22 nitrogen and oxygen atoms in total. The molecule has 3 aromatic heterocycles. The summed E-state index contributed by atoms with van der Waals surface area (Å²) in [7, 11) is -2.92. The summed E-state index contributed by atoms with van der Waals surface area (Å²) in [5, 5.41) is 16.8. The monoisotopic (exact) mass is 1230 g/mol. The highest BCUT2D eigenvalue weighted by atomic mass is 32.2. The van der Waals surface area contributed by atoms with Gasteiger partial charge in [0.05, 0.1) is 66.1 Å². The molecule has 470 valence electrons. The van der Waals surface area contributed by atoms with Gasteiger partial charge >= 0.3 is 0 Å². The van der Waals surface area contributed by atoms with Crippen molar-refractivity contribution in [3.05, 3.63) is 117 Å². The van der Waals surface area contributed by atoms with Crippen molar-refractivity contribution in [1.29, 1.82) is 0 Å².